The minimum Gasteiger partial charge on any atom is -0.309 e. The number of hydrogen-bond donors (Lipinski definition) is 0. The molecule has 14 aromatic rings. The second kappa shape index (κ2) is 18.9. The standard InChI is InChI=1S/C72H52N2Si2/c1-7-26-53(27-8-1)54-28-23-41-62(50-54)76(60-37-15-5-16-38-60,61-39-17-6-18-40-61)64-43-25-30-56(52-64)74-68-46-21-19-44-65(68)66-48-49-70-71(72(66)74)67-45-20-22-47-69(67)73(70)55-29-24-42-63(51-55)75(57-31-9-2-10-32-57,58-33-11-3-12-34-58)59-35-13-4-14-36-59/h1-52H/i1D,7D,8D,26D,27D. The fraction of sp³-hybridized carbons (Fsp3) is 0. The molecule has 12 aromatic carbocycles. The fourth-order valence-electron chi connectivity index (χ4n) is 12.6. The smallest absolute Gasteiger partial charge is 0.179 e. The quantitative estimate of drug-likeness (QED) is 0.0903. The van der Waals surface area contributed by atoms with Crippen LogP contribution >= 0.6 is 0 Å². The molecule has 0 amide bonds. The number of nitrogens with zero attached hydrogens (tertiary/aromatic N) is 2. The van der Waals surface area contributed by atoms with Gasteiger partial charge in [-0.3, -0.25) is 0 Å². The fourth-order valence-corrected chi connectivity index (χ4v) is 22.2. The maximum atomic E-state index is 9.06. The van der Waals surface area contributed by atoms with E-state index in [2.05, 4.69) is 282 Å². The van der Waals surface area contributed by atoms with Gasteiger partial charge in [-0.05, 0) is 95.1 Å². The summed E-state index contributed by atoms with van der Waals surface area (Å²) in [4.78, 5) is 0. The van der Waals surface area contributed by atoms with Crippen LogP contribution in [0.3, 0.4) is 0 Å². The van der Waals surface area contributed by atoms with Crippen molar-refractivity contribution >= 4 is 101 Å². The minimum atomic E-state index is -3.32. The van der Waals surface area contributed by atoms with E-state index in [4.69, 9.17) is 6.85 Å². The van der Waals surface area contributed by atoms with Crippen LogP contribution in [0.4, 0.5) is 0 Å². The van der Waals surface area contributed by atoms with Crippen LogP contribution in [0.25, 0.3) is 66.1 Å². The molecule has 0 aliphatic heterocycles. The van der Waals surface area contributed by atoms with Gasteiger partial charge in [-0.25, -0.2) is 0 Å². The third-order valence-electron chi connectivity index (χ3n) is 15.7. The molecule has 0 unspecified atom stereocenters. The molecule has 4 heteroatoms. The van der Waals surface area contributed by atoms with Crippen LogP contribution in [-0.4, -0.2) is 25.3 Å². The minimum absolute atomic E-state index is 0.186. The molecule has 76 heavy (non-hydrogen) atoms. The van der Waals surface area contributed by atoms with Gasteiger partial charge in [0, 0.05) is 32.9 Å². The SMILES string of the molecule is [2H]c1c([2H])c([2H])c(-c2cccc([Si](c3ccccc3)(c3ccccc3)c3cccc(-n4c5ccccc5c5ccc6c(c7ccccc7n6-c6cccc([Si](c7ccccc7)(c7ccccc7)c7ccccc7)c6)c54)c3)c2)c([2H])c1[2H]. The normalized spacial score (nSPS) is 12.9. The van der Waals surface area contributed by atoms with Crippen LogP contribution in [0.15, 0.2) is 315 Å². The Labute approximate surface area is 452 Å². The van der Waals surface area contributed by atoms with Gasteiger partial charge in [-0.15, -0.1) is 0 Å². The van der Waals surface area contributed by atoms with Gasteiger partial charge >= 0.3 is 0 Å². The molecule has 2 aromatic heterocycles. The van der Waals surface area contributed by atoms with Crippen molar-refractivity contribution in [2.45, 2.75) is 0 Å². The molecule has 0 saturated heterocycles. The van der Waals surface area contributed by atoms with E-state index in [1.165, 1.54) is 20.7 Å². The topological polar surface area (TPSA) is 9.86 Å². The van der Waals surface area contributed by atoms with E-state index in [1.54, 1.807) is 0 Å². The second-order valence-corrected chi connectivity index (χ2v) is 27.2. The molecule has 0 atom stereocenters. The van der Waals surface area contributed by atoms with E-state index in [1.807, 2.05) is 12.1 Å². The van der Waals surface area contributed by atoms with Gasteiger partial charge in [0.05, 0.1) is 28.9 Å². The summed E-state index contributed by atoms with van der Waals surface area (Å²) in [5.74, 6) is 0. The number of aromatic nitrogens is 2. The largest absolute Gasteiger partial charge is 0.309 e. The molecule has 2 nitrogen and oxygen atoms in total. The summed E-state index contributed by atoms with van der Waals surface area (Å²) in [6, 6.07) is 102. The van der Waals surface area contributed by atoms with Gasteiger partial charge in [-0.1, -0.05) is 273 Å². The van der Waals surface area contributed by atoms with Gasteiger partial charge in [0.1, 0.15) is 0 Å². The first-order valence-corrected chi connectivity index (χ1v) is 29.9. The molecule has 358 valence electrons. The lowest BCUT2D eigenvalue weighted by Crippen LogP contribution is -2.74. The van der Waals surface area contributed by atoms with Crippen LogP contribution in [0.1, 0.15) is 6.85 Å². The molecule has 0 N–H and O–H groups in total. The second-order valence-electron chi connectivity index (χ2n) is 19.6. The molecule has 0 aliphatic rings. The molecule has 0 spiro atoms. The first-order valence-electron chi connectivity index (χ1n) is 28.4. The number of rotatable bonds is 11. The van der Waals surface area contributed by atoms with E-state index in [0.29, 0.717) is 5.56 Å². The Bertz CT molecular complexity index is 4540. The molecule has 0 radical (unpaired) electrons. The average Bonchev–Trinajstić information content (AvgIpc) is 4.12. The number of hydrogen-bond acceptors (Lipinski definition) is 0. The van der Waals surface area contributed by atoms with E-state index in [0.717, 1.165) is 75.7 Å². The molecule has 0 saturated carbocycles. The summed E-state index contributed by atoms with van der Waals surface area (Å²) in [7, 11) is -6.19. The predicted molar refractivity (Wildman–Crippen MR) is 328 cm³/mol. The predicted octanol–water partition coefficient (Wildman–Crippen LogP) is 12.3. The number of benzene rings is 12. The van der Waals surface area contributed by atoms with Crippen LogP contribution in [0.2, 0.25) is 0 Å². The summed E-state index contributed by atoms with van der Waals surface area (Å²) in [6.45, 7) is 0. The Balaban J connectivity index is 1.03. The Morgan fingerprint density at radius 2 is 0.658 bits per heavy atom. The van der Waals surface area contributed by atoms with Crippen molar-refractivity contribution in [3.8, 4) is 22.5 Å². The zero-order valence-electron chi connectivity index (χ0n) is 46.5. The van der Waals surface area contributed by atoms with Crippen LogP contribution in [0, 0.1) is 0 Å². The van der Waals surface area contributed by atoms with Gasteiger partial charge in [0.2, 0.25) is 0 Å². The Hall–Kier alpha value is -9.33. The Morgan fingerprint density at radius 3 is 1.17 bits per heavy atom. The van der Waals surface area contributed by atoms with Gasteiger partial charge < -0.3 is 9.13 Å². The highest BCUT2D eigenvalue weighted by Crippen LogP contribution is 2.42. The lowest BCUT2D eigenvalue weighted by atomic mass is 10.1. The molecule has 0 aliphatic carbocycles. The summed E-state index contributed by atoms with van der Waals surface area (Å²) < 4.78 is 48.7. The van der Waals surface area contributed by atoms with Gasteiger partial charge in [-0.2, -0.15) is 0 Å². The van der Waals surface area contributed by atoms with Crippen molar-refractivity contribution in [3.63, 3.8) is 0 Å². The van der Waals surface area contributed by atoms with Crippen molar-refractivity contribution in [2.75, 3.05) is 0 Å². The molecule has 0 fully saturated rings. The van der Waals surface area contributed by atoms with E-state index >= 15 is 0 Å². The number of para-hydroxylation sites is 2. The highest BCUT2D eigenvalue weighted by molar-refractivity contribution is 7.20. The zero-order chi connectivity index (χ0) is 54.8. The zero-order valence-corrected chi connectivity index (χ0v) is 43.5. The van der Waals surface area contributed by atoms with Crippen molar-refractivity contribution < 1.29 is 6.85 Å². The van der Waals surface area contributed by atoms with E-state index in [-0.39, 0.29) is 29.7 Å². The molecule has 2 heterocycles. The van der Waals surface area contributed by atoms with E-state index in [9.17, 15) is 0 Å². The maximum Gasteiger partial charge on any atom is 0.179 e. The van der Waals surface area contributed by atoms with Crippen molar-refractivity contribution in [1.29, 1.82) is 0 Å². The highest BCUT2D eigenvalue weighted by atomic mass is 28.3. The molecule has 0 bridgehead atoms. The van der Waals surface area contributed by atoms with Crippen LogP contribution in [-0.2, 0) is 0 Å². The van der Waals surface area contributed by atoms with Crippen LogP contribution in [0.5, 0.6) is 0 Å². The average molecular weight is 1010 g/mol. The molecular formula is C72H52N2Si2. The van der Waals surface area contributed by atoms with Gasteiger partial charge in [0.15, 0.2) is 16.1 Å². The maximum absolute atomic E-state index is 9.06. The summed E-state index contributed by atoms with van der Waals surface area (Å²) >= 11 is 0. The summed E-state index contributed by atoms with van der Waals surface area (Å²) in [6.07, 6.45) is 0. The lowest BCUT2D eigenvalue weighted by Gasteiger charge is -2.35. The monoisotopic (exact) mass is 1010 g/mol. The van der Waals surface area contributed by atoms with Crippen LogP contribution < -0.4 is 41.5 Å². The lowest BCUT2D eigenvalue weighted by molar-refractivity contribution is 1.18. The van der Waals surface area contributed by atoms with Crippen molar-refractivity contribution in [2.24, 2.45) is 0 Å². The first kappa shape index (κ1) is 40.1. The van der Waals surface area contributed by atoms with E-state index < -0.39 is 22.2 Å². The Kier molecular flexibility index (Phi) is 9.96. The Morgan fingerprint density at radius 1 is 0.263 bits per heavy atom. The number of fused-ring (bicyclic) bond motifs is 7. The van der Waals surface area contributed by atoms with Crippen molar-refractivity contribution in [1.82, 2.24) is 9.13 Å². The molecular weight excluding hydrogens is 949 g/mol. The van der Waals surface area contributed by atoms with Gasteiger partial charge in [0.25, 0.3) is 0 Å². The van der Waals surface area contributed by atoms with Crippen molar-refractivity contribution in [3.05, 3.63) is 315 Å². The highest BCUT2D eigenvalue weighted by Gasteiger charge is 2.43. The molecule has 14 rings (SSSR count). The summed E-state index contributed by atoms with van der Waals surface area (Å²) in [5, 5.41) is 14.4. The summed E-state index contributed by atoms with van der Waals surface area (Å²) in [5.41, 5.74) is 7.30. The third kappa shape index (κ3) is 7.14. The first-order chi connectivity index (χ1) is 39.8. The third-order valence-corrected chi connectivity index (χ3v) is 25.2.